The second kappa shape index (κ2) is 7.99. The summed E-state index contributed by atoms with van der Waals surface area (Å²) in [4.78, 5) is 11.2. The minimum Gasteiger partial charge on any atom is -0.326 e. The lowest BCUT2D eigenvalue weighted by Gasteiger charge is -2.18. The van der Waals surface area contributed by atoms with Crippen LogP contribution in [0.2, 0.25) is 5.02 Å². The molecule has 1 unspecified atom stereocenters. The maximum absolute atomic E-state index is 11.6. The lowest BCUT2D eigenvalue weighted by molar-refractivity contribution is -0.114. The quantitative estimate of drug-likeness (QED) is 0.771. The summed E-state index contributed by atoms with van der Waals surface area (Å²) in [6.45, 7) is 3.33. The first-order valence-electron chi connectivity index (χ1n) is 7.65. The zero-order valence-corrected chi connectivity index (χ0v) is 15.8. The van der Waals surface area contributed by atoms with E-state index in [1.165, 1.54) is 6.92 Å². The number of anilines is 1. The van der Waals surface area contributed by atoms with Crippen molar-refractivity contribution >= 4 is 33.3 Å². The van der Waals surface area contributed by atoms with Crippen molar-refractivity contribution in [3.8, 4) is 0 Å². The summed E-state index contributed by atoms with van der Waals surface area (Å²) in [5.41, 5.74) is 3.24. The molecule has 0 bridgehead atoms. The summed E-state index contributed by atoms with van der Waals surface area (Å²) in [7, 11) is -3.63. The van der Waals surface area contributed by atoms with Crippen LogP contribution in [0.15, 0.2) is 42.5 Å². The third-order valence-electron chi connectivity index (χ3n) is 3.56. The molecule has 0 saturated carbocycles. The largest absolute Gasteiger partial charge is 0.326 e. The number of benzene rings is 2. The van der Waals surface area contributed by atoms with Crippen LogP contribution in [0.25, 0.3) is 0 Å². The third-order valence-corrected chi connectivity index (χ3v) is 4.39. The molecule has 0 fully saturated rings. The standard InChI is InChI=1S/C18H20ClNO4S/c1-12-10-14(4-9-17(12)20-13(2)21)11-18(24-25(3,22)23)15-5-7-16(19)8-6-15/h4-10,18H,11H2,1-3H3,(H,20,21). The molecular formula is C18H20ClNO4S. The Kier molecular flexibility index (Phi) is 6.21. The number of carbonyl (C=O) groups is 1. The Morgan fingerprint density at radius 2 is 1.84 bits per heavy atom. The van der Waals surface area contributed by atoms with Gasteiger partial charge >= 0.3 is 0 Å². The van der Waals surface area contributed by atoms with Crippen molar-refractivity contribution in [3.63, 3.8) is 0 Å². The summed E-state index contributed by atoms with van der Waals surface area (Å²) in [5, 5.41) is 3.32. The van der Waals surface area contributed by atoms with Crippen LogP contribution in [-0.4, -0.2) is 20.6 Å². The van der Waals surface area contributed by atoms with E-state index in [1.54, 1.807) is 30.3 Å². The van der Waals surface area contributed by atoms with E-state index < -0.39 is 16.2 Å². The minimum atomic E-state index is -3.63. The van der Waals surface area contributed by atoms with Crippen LogP contribution < -0.4 is 5.32 Å². The molecule has 7 heteroatoms. The number of amides is 1. The van der Waals surface area contributed by atoms with E-state index in [4.69, 9.17) is 15.8 Å². The summed E-state index contributed by atoms with van der Waals surface area (Å²) >= 11 is 5.90. The number of rotatable bonds is 6. The highest BCUT2D eigenvalue weighted by atomic mass is 35.5. The highest BCUT2D eigenvalue weighted by molar-refractivity contribution is 7.86. The number of carbonyl (C=O) groups excluding carboxylic acids is 1. The van der Waals surface area contributed by atoms with E-state index >= 15 is 0 Å². The Morgan fingerprint density at radius 3 is 2.36 bits per heavy atom. The Hall–Kier alpha value is -1.89. The molecule has 2 rings (SSSR count). The smallest absolute Gasteiger partial charge is 0.264 e. The molecular weight excluding hydrogens is 362 g/mol. The number of halogens is 1. The van der Waals surface area contributed by atoms with Gasteiger partial charge in [-0.05, 0) is 41.8 Å². The summed E-state index contributed by atoms with van der Waals surface area (Å²) in [5.74, 6) is -0.143. The Morgan fingerprint density at radius 1 is 1.20 bits per heavy atom. The summed E-state index contributed by atoms with van der Waals surface area (Å²) < 4.78 is 28.5. The SMILES string of the molecule is CC(=O)Nc1ccc(CC(OS(C)(=O)=O)c2ccc(Cl)cc2)cc1C. The fourth-order valence-corrected chi connectivity index (χ4v) is 3.22. The molecule has 0 heterocycles. The molecule has 2 aromatic carbocycles. The van der Waals surface area contributed by atoms with Gasteiger partial charge in [0.15, 0.2) is 0 Å². The van der Waals surface area contributed by atoms with Gasteiger partial charge in [0.05, 0.1) is 6.26 Å². The van der Waals surface area contributed by atoms with Crippen LogP contribution in [0, 0.1) is 6.92 Å². The van der Waals surface area contributed by atoms with Crippen molar-refractivity contribution in [1.82, 2.24) is 0 Å². The van der Waals surface area contributed by atoms with Crippen LogP contribution in [0.3, 0.4) is 0 Å². The normalized spacial score (nSPS) is 12.6. The Labute approximate surface area is 153 Å². The topological polar surface area (TPSA) is 72.5 Å². The van der Waals surface area contributed by atoms with Gasteiger partial charge in [-0.15, -0.1) is 0 Å². The number of nitrogens with one attached hydrogen (secondary N) is 1. The van der Waals surface area contributed by atoms with Crippen molar-refractivity contribution in [2.45, 2.75) is 26.4 Å². The second-order valence-corrected chi connectivity index (χ2v) is 7.91. The maximum Gasteiger partial charge on any atom is 0.264 e. The van der Waals surface area contributed by atoms with Crippen molar-refractivity contribution in [2.24, 2.45) is 0 Å². The molecule has 0 saturated heterocycles. The van der Waals surface area contributed by atoms with Gasteiger partial charge in [0.2, 0.25) is 5.91 Å². The first kappa shape index (κ1) is 19.4. The predicted molar refractivity (Wildman–Crippen MR) is 99.3 cm³/mol. The third kappa shape index (κ3) is 6.16. The van der Waals surface area contributed by atoms with E-state index in [0.717, 1.165) is 28.6 Å². The van der Waals surface area contributed by atoms with Gasteiger partial charge in [-0.3, -0.25) is 8.98 Å². The molecule has 5 nitrogen and oxygen atoms in total. The second-order valence-electron chi connectivity index (χ2n) is 5.88. The highest BCUT2D eigenvalue weighted by Gasteiger charge is 2.19. The number of hydrogen-bond acceptors (Lipinski definition) is 4. The van der Waals surface area contributed by atoms with E-state index in [1.807, 2.05) is 19.1 Å². The van der Waals surface area contributed by atoms with Crippen molar-refractivity contribution in [3.05, 3.63) is 64.2 Å². The van der Waals surface area contributed by atoms with Gasteiger partial charge in [0.25, 0.3) is 10.1 Å². The molecule has 1 N–H and O–H groups in total. The average Bonchev–Trinajstić information content (AvgIpc) is 2.48. The van der Waals surface area contributed by atoms with E-state index in [9.17, 15) is 13.2 Å². The first-order valence-corrected chi connectivity index (χ1v) is 9.84. The molecule has 0 radical (unpaired) electrons. The van der Waals surface area contributed by atoms with Crippen LogP contribution in [0.1, 0.15) is 29.7 Å². The lowest BCUT2D eigenvalue weighted by Crippen LogP contribution is -2.13. The fourth-order valence-electron chi connectivity index (χ4n) is 2.49. The summed E-state index contributed by atoms with van der Waals surface area (Å²) in [6, 6.07) is 12.4. The molecule has 0 aromatic heterocycles. The van der Waals surface area contributed by atoms with E-state index in [2.05, 4.69) is 5.32 Å². The van der Waals surface area contributed by atoms with Gasteiger partial charge in [0, 0.05) is 24.1 Å². The van der Waals surface area contributed by atoms with Gasteiger partial charge in [-0.25, -0.2) is 0 Å². The highest BCUT2D eigenvalue weighted by Crippen LogP contribution is 2.27. The van der Waals surface area contributed by atoms with Crippen molar-refractivity contribution in [1.29, 1.82) is 0 Å². The van der Waals surface area contributed by atoms with E-state index in [0.29, 0.717) is 11.4 Å². The van der Waals surface area contributed by atoms with Crippen LogP contribution in [0.5, 0.6) is 0 Å². The summed E-state index contributed by atoms with van der Waals surface area (Å²) in [6.07, 6.45) is 0.745. The lowest BCUT2D eigenvalue weighted by atomic mass is 9.99. The predicted octanol–water partition coefficient (Wildman–Crippen LogP) is 3.87. The van der Waals surface area contributed by atoms with Crippen molar-refractivity contribution < 1.29 is 17.4 Å². The Bertz CT molecular complexity index is 863. The van der Waals surface area contributed by atoms with Gasteiger partial charge in [0.1, 0.15) is 6.10 Å². The first-order chi connectivity index (χ1) is 11.6. The molecule has 1 amide bonds. The molecule has 0 aliphatic heterocycles. The number of aryl methyl sites for hydroxylation is 1. The molecule has 2 aromatic rings. The molecule has 0 aliphatic rings. The molecule has 134 valence electrons. The van der Waals surface area contributed by atoms with Crippen molar-refractivity contribution in [2.75, 3.05) is 11.6 Å². The fraction of sp³-hybridized carbons (Fsp3) is 0.278. The van der Waals surface area contributed by atoms with Gasteiger partial charge in [-0.2, -0.15) is 8.42 Å². The Balaban J connectivity index is 2.28. The van der Waals surface area contributed by atoms with Crippen LogP contribution in [0.4, 0.5) is 5.69 Å². The monoisotopic (exact) mass is 381 g/mol. The average molecular weight is 382 g/mol. The van der Waals surface area contributed by atoms with E-state index in [-0.39, 0.29) is 5.91 Å². The number of hydrogen-bond donors (Lipinski definition) is 1. The molecule has 0 spiro atoms. The zero-order chi connectivity index (χ0) is 18.6. The van der Waals surface area contributed by atoms with Crippen LogP contribution in [-0.2, 0) is 25.5 Å². The maximum atomic E-state index is 11.6. The van der Waals surface area contributed by atoms with Gasteiger partial charge < -0.3 is 5.32 Å². The molecule has 1 atom stereocenters. The molecule has 25 heavy (non-hydrogen) atoms. The van der Waals surface area contributed by atoms with Crippen LogP contribution >= 0.6 is 11.6 Å². The van der Waals surface area contributed by atoms with Gasteiger partial charge in [-0.1, -0.05) is 35.9 Å². The zero-order valence-electron chi connectivity index (χ0n) is 14.2. The molecule has 0 aliphatic carbocycles. The minimum absolute atomic E-state index is 0.143.